The van der Waals surface area contributed by atoms with Crippen molar-refractivity contribution in [2.75, 3.05) is 26.3 Å². The van der Waals surface area contributed by atoms with E-state index in [2.05, 4.69) is 46.4 Å². The normalized spacial score (nSPS) is 37.4. The van der Waals surface area contributed by atoms with E-state index in [1.165, 1.54) is 0 Å². The number of morpholine rings is 1. The zero-order valence-corrected chi connectivity index (χ0v) is 13.3. The first-order chi connectivity index (χ1) is 8.56. The zero-order chi connectivity index (χ0) is 14.5. The Labute approximate surface area is 117 Å². The van der Waals surface area contributed by atoms with Gasteiger partial charge in [0.25, 0.3) is 0 Å². The molecule has 0 aromatic carbocycles. The molecule has 112 valence electrons. The predicted octanol–water partition coefficient (Wildman–Crippen LogP) is 1.63. The van der Waals surface area contributed by atoms with E-state index in [4.69, 9.17) is 15.2 Å². The second kappa shape index (κ2) is 4.69. The Bertz CT molecular complexity index is 339. The number of hydrogen-bond donors (Lipinski definition) is 1. The first kappa shape index (κ1) is 15.2. The SMILES string of the molecule is CC1(C)OC(C)(C)C(CN2CCOCC2(C)C)C1N. The van der Waals surface area contributed by atoms with Gasteiger partial charge >= 0.3 is 0 Å². The molecule has 4 nitrogen and oxygen atoms in total. The molecule has 2 heterocycles. The van der Waals surface area contributed by atoms with E-state index in [0.29, 0.717) is 5.92 Å². The Morgan fingerprint density at radius 1 is 1.11 bits per heavy atom. The number of nitrogens with two attached hydrogens (primary N) is 1. The van der Waals surface area contributed by atoms with E-state index < -0.39 is 0 Å². The van der Waals surface area contributed by atoms with Crippen LogP contribution >= 0.6 is 0 Å². The van der Waals surface area contributed by atoms with Crippen LogP contribution in [0.25, 0.3) is 0 Å². The van der Waals surface area contributed by atoms with E-state index in [1.807, 2.05) is 0 Å². The monoisotopic (exact) mass is 270 g/mol. The maximum Gasteiger partial charge on any atom is 0.0788 e. The molecular formula is C15H30N2O2. The molecule has 0 radical (unpaired) electrons. The van der Waals surface area contributed by atoms with E-state index >= 15 is 0 Å². The highest BCUT2D eigenvalue weighted by Gasteiger charge is 2.53. The number of ether oxygens (including phenoxy) is 2. The van der Waals surface area contributed by atoms with Crippen molar-refractivity contribution in [3.05, 3.63) is 0 Å². The Balaban J connectivity index is 2.13. The molecule has 0 amide bonds. The molecule has 2 atom stereocenters. The van der Waals surface area contributed by atoms with Crippen molar-refractivity contribution >= 4 is 0 Å². The average Bonchev–Trinajstić information content (AvgIpc) is 2.38. The van der Waals surface area contributed by atoms with Crippen LogP contribution in [0.1, 0.15) is 41.5 Å². The van der Waals surface area contributed by atoms with Gasteiger partial charge in [-0.05, 0) is 41.5 Å². The highest BCUT2D eigenvalue weighted by molar-refractivity contribution is 5.05. The minimum atomic E-state index is -0.245. The summed E-state index contributed by atoms with van der Waals surface area (Å²) in [6, 6.07) is 0.0705. The van der Waals surface area contributed by atoms with E-state index in [-0.39, 0.29) is 22.8 Å². The van der Waals surface area contributed by atoms with Crippen molar-refractivity contribution in [3.8, 4) is 0 Å². The second-order valence-corrected chi connectivity index (χ2v) is 7.75. The molecule has 0 aliphatic carbocycles. The highest BCUT2D eigenvalue weighted by Crippen LogP contribution is 2.42. The molecule has 4 heteroatoms. The van der Waals surface area contributed by atoms with Crippen LogP contribution in [0.5, 0.6) is 0 Å². The summed E-state index contributed by atoms with van der Waals surface area (Å²) >= 11 is 0. The Morgan fingerprint density at radius 3 is 2.21 bits per heavy atom. The molecule has 2 saturated heterocycles. The molecule has 2 rings (SSSR count). The minimum absolute atomic E-state index is 0.0705. The van der Waals surface area contributed by atoms with Gasteiger partial charge in [0, 0.05) is 30.6 Å². The molecule has 0 spiro atoms. The predicted molar refractivity (Wildman–Crippen MR) is 77.2 cm³/mol. The fourth-order valence-electron chi connectivity index (χ4n) is 3.54. The summed E-state index contributed by atoms with van der Waals surface area (Å²) < 4.78 is 11.8. The number of nitrogens with zero attached hydrogens (tertiary/aromatic N) is 1. The van der Waals surface area contributed by atoms with Crippen molar-refractivity contribution < 1.29 is 9.47 Å². The second-order valence-electron chi connectivity index (χ2n) is 7.75. The fourth-order valence-corrected chi connectivity index (χ4v) is 3.54. The van der Waals surface area contributed by atoms with Crippen LogP contribution in [0.3, 0.4) is 0 Å². The van der Waals surface area contributed by atoms with Gasteiger partial charge in [0.2, 0.25) is 0 Å². The van der Waals surface area contributed by atoms with Crippen LogP contribution in [-0.2, 0) is 9.47 Å². The smallest absolute Gasteiger partial charge is 0.0788 e. The molecule has 2 fully saturated rings. The van der Waals surface area contributed by atoms with Crippen LogP contribution in [0, 0.1) is 5.92 Å². The fraction of sp³-hybridized carbons (Fsp3) is 1.00. The topological polar surface area (TPSA) is 47.7 Å². The third-order valence-electron chi connectivity index (χ3n) is 4.89. The lowest BCUT2D eigenvalue weighted by molar-refractivity contribution is -0.0916. The van der Waals surface area contributed by atoms with Gasteiger partial charge in [-0.1, -0.05) is 0 Å². The quantitative estimate of drug-likeness (QED) is 0.828. The molecule has 0 saturated carbocycles. The van der Waals surface area contributed by atoms with Crippen LogP contribution < -0.4 is 5.73 Å². The number of rotatable bonds is 2. The maximum absolute atomic E-state index is 6.46. The van der Waals surface area contributed by atoms with E-state index in [9.17, 15) is 0 Å². The van der Waals surface area contributed by atoms with Gasteiger partial charge in [-0.15, -0.1) is 0 Å². The summed E-state index contributed by atoms with van der Waals surface area (Å²) in [7, 11) is 0. The summed E-state index contributed by atoms with van der Waals surface area (Å²) in [5.41, 5.74) is 6.12. The lowest BCUT2D eigenvalue weighted by Crippen LogP contribution is -2.57. The van der Waals surface area contributed by atoms with Gasteiger partial charge in [-0.3, -0.25) is 4.90 Å². The standard InChI is InChI=1S/C15H30N2O2/c1-13(2)10-18-8-7-17(13)9-11-12(16)15(5,6)19-14(11,3)4/h11-12H,7-10,16H2,1-6H3. The van der Waals surface area contributed by atoms with Gasteiger partial charge in [0.05, 0.1) is 24.4 Å². The summed E-state index contributed by atoms with van der Waals surface area (Å²) in [5, 5.41) is 0. The van der Waals surface area contributed by atoms with Crippen molar-refractivity contribution in [1.29, 1.82) is 0 Å². The summed E-state index contributed by atoms with van der Waals surface area (Å²) in [4.78, 5) is 2.51. The van der Waals surface area contributed by atoms with Crippen LogP contribution in [0.2, 0.25) is 0 Å². The zero-order valence-electron chi connectivity index (χ0n) is 13.3. The largest absolute Gasteiger partial charge is 0.378 e. The Kier molecular flexibility index (Phi) is 3.76. The van der Waals surface area contributed by atoms with E-state index in [1.54, 1.807) is 0 Å². The van der Waals surface area contributed by atoms with Gasteiger partial charge in [0.15, 0.2) is 0 Å². The Hall–Kier alpha value is -0.160. The molecule has 0 aromatic rings. The average molecular weight is 270 g/mol. The van der Waals surface area contributed by atoms with Crippen molar-refractivity contribution in [3.63, 3.8) is 0 Å². The molecule has 2 unspecified atom stereocenters. The maximum atomic E-state index is 6.46. The van der Waals surface area contributed by atoms with Gasteiger partial charge < -0.3 is 15.2 Å². The third kappa shape index (κ3) is 2.82. The van der Waals surface area contributed by atoms with Crippen molar-refractivity contribution in [2.45, 2.75) is 64.3 Å². The van der Waals surface area contributed by atoms with Crippen molar-refractivity contribution in [1.82, 2.24) is 4.90 Å². The van der Waals surface area contributed by atoms with Gasteiger partial charge in [-0.25, -0.2) is 0 Å². The van der Waals surface area contributed by atoms with Crippen molar-refractivity contribution in [2.24, 2.45) is 11.7 Å². The lowest BCUT2D eigenvalue weighted by atomic mass is 9.82. The summed E-state index contributed by atoms with van der Waals surface area (Å²) in [5.74, 6) is 0.347. The third-order valence-corrected chi connectivity index (χ3v) is 4.89. The molecule has 2 N–H and O–H groups in total. The van der Waals surface area contributed by atoms with E-state index in [0.717, 1.165) is 26.3 Å². The Morgan fingerprint density at radius 2 is 1.74 bits per heavy atom. The van der Waals surface area contributed by atoms with Gasteiger partial charge in [-0.2, -0.15) is 0 Å². The summed E-state index contributed by atoms with van der Waals surface area (Å²) in [6.45, 7) is 16.6. The lowest BCUT2D eigenvalue weighted by Gasteiger charge is -2.45. The van der Waals surface area contributed by atoms with Gasteiger partial charge in [0.1, 0.15) is 0 Å². The first-order valence-electron chi connectivity index (χ1n) is 7.35. The number of hydrogen-bond acceptors (Lipinski definition) is 4. The molecule has 19 heavy (non-hydrogen) atoms. The van der Waals surface area contributed by atoms with Crippen LogP contribution in [0.4, 0.5) is 0 Å². The summed E-state index contributed by atoms with van der Waals surface area (Å²) in [6.07, 6.45) is 0. The molecular weight excluding hydrogens is 240 g/mol. The molecule has 2 aliphatic rings. The van der Waals surface area contributed by atoms with Crippen LogP contribution in [-0.4, -0.2) is 54.0 Å². The molecule has 2 aliphatic heterocycles. The highest BCUT2D eigenvalue weighted by atomic mass is 16.5. The first-order valence-corrected chi connectivity index (χ1v) is 7.35. The molecule has 0 bridgehead atoms. The molecule has 0 aromatic heterocycles. The van der Waals surface area contributed by atoms with Crippen LogP contribution in [0.15, 0.2) is 0 Å². The minimum Gasteiger partial charge on any atom is -0.378 e.